The molecule has 0 aliphatic heterocycles. The Morgan fingerprint density at radius 2 is 1.96 bits per heavy atom. The molecule has 0 heterocycles. The lowest BCUT2D eigenvalue weighted by Gasteiger charge is -2.42. The van der Waals surface area contributed by atoms with Crippen molar-refractivity contribution >= 4 is 35.1 Å². The van der Waals surface area contributed by atoms with Crippen molar-refractivity contribution in [3.05, 3.63) is 33.8 Å². The molecule has 24 heavy (non-hydrogen) atoms. The van der Waals surface area contributed by atoms with E-state index in [2.05, 4.69) is 5.32 Å². The summed E-state index contributed by atoms with van der Waals surface area (Å²) in [5.74, 6) is -0.393. The fourth-order valence-corrected chi connectivity index (χ4v) is 3.46. The van der Waals surface area contributed by atoms with Gasteiger partial charge in [-0.2, -0.15) is 0 Å². The van der Waals surface area contributed by atoms with Crippen LogP contribution in [-0.4, -0.2) is 47.1 Å². The van der Waals surface area contributed by atoms with Gasteiger partial charge in [-0.15, -0.1) is 0 Å². The standard InChI is InChI=1S/C17H20Cl2N2O3/c18-11-3-4-15(19)14(5-11)17(24)20-12-6-13(7-12)21(9-16(22)23)8-10-1-2-10/h3-5,10,12-13H,1-2,6-9H2,(H,20,24)(H,22,23). The van der Waals surface area contributed by atoms with E-state index in [9.17, 15) is 9.59 Å². The van der Waals surface area contributed by atoms with E-state index in [4.69, 9.17) is 28.3 Å². The Hall–Kier alpha value is -1.30. The Labute approximate surface area is 150 Å². The van der Waals surface area contributed by atoms with Gasteiger partial charge in [-0.1, -0.05) is 23.2 Å². The second-order valence-electron chi connectivity index (χ2n) is 6.69. The summed E-state index contributed by atoms with van der Waals surface area (Å²) < 4.78 is 0. The average Bonchev–Trinajstić information content (AvgIpc) is 3.27. The highest BCUT2D eigenvalue weighted by molar-refractivity contribution is 6.35. The number of carboxylic acid groups (broad SMARTS) is 1. The van der Waals surface area contributed by atoms with E-state index in [1.54, 1.807) is 18.2 Å². The largest absolute Gasteiger partial charge is 0.480 e. The third kappa shape index (κ3) is 4.41. The molecule has 0 atom stereocenters. The van der Waals surface area contributed by atoms with Crippen molar-refractivity contribution in [3.63, 3.8) is 0 Å². The highest BCUT2D eigenvalue weighted by Crippen LogP contribution is 2.34. The highest BCUT2D eigenvalue weighted by Gasteiger charge is 2.37. The number of hydrogen-bond donors (Lipinski definition) is 2. The van der Waals surface area contributed by atoms with Crippen LogP contribution in [0, 0.1) is 5.92 Å². The van der Waals surface area contributed by atoms with Gasteiger partial charge in [-0.3, -0.25) is 14.5 Å². The average molecular weight is 371 g/mol. The summed E-state index contributed by atoms with van der Waals surface area (Å²) in [5.41, 5.74) is 0.369. The number of hydrogen-bond acceptors (Lipinski definition) is 3. The van der Waals surface area contributed by atoms with Crippen LogP contribution < -0.4 is 5.32 Å². The molecule has 1 aromatic rings. The monoisotopic (exact) mass is 370 g/mol. The van der Waals surface area contributed by atoms with Gasteiger partial charge in [0.05, 0.1) is 17.1 Å². The third-order valence-corrected chi connectivity index (χ3v) is 5.23. The van der Waals surface area contributed by atoms with Crippen LogP contribution in [0.4, 0.5) is 0 Å². The van der Waals surface area contributed by atoms with Crippen molar-refractivity contribution in [2.45, 2.75) is 37.8 Å². The summed E-state index contributed by atoms with van der Waals surface area (Å²) in [6.45, 7) is 0.916. The van der Waals surface area contributed by atoms with Gasteiger partial charge < -0.3 is 10.4 Å². The molecule has 5 nitrogen and oxygen atoms in total. The van der Waals surface area contributed by atoms with E-state index in [0.717, 1.165) is 19.4 Å². The number of carboxylic acids is 1. The van der Waals surface area contributed by atoms with Crippen LogP contribution >= 0.6 is 23.2 Å². The Balaban J connectivity index is 1.52. The Bertz CT molecular complexity index is 643. The quantitative estimate of drug-likeness (QED) is 0.773. The molecule has 0 spiro atoms. The molecule has 0 unspecified atom stereocenters. The Kier molecular flexibility index (Phi) is 5.33. The SMILES string of the molecule is O=C(O)CN(CC1CC1)C1CC(NC(=O)c2cc(Cl)ccc2Cl)C1. The van der Waals surface area contributed by atoms with Gasteiger partial charge >= 0.3 is 5.97 Å². The van der Waals surface area contributed by atoms with Crippen molar-refractivity contribution in [2.75, 3.05) is 13.1 Å². The number of aliphatic carboxylic acids is 1. The first kappa shape index (κ1) is 17.5. The number of halogens is 2. The maximum Gasteiger partial charge on any atom is 0.317 e. The molecule has 0 bridgehead atoms. The lowest BCUT2D eigenvalue weighted by Crippen LogP contribution is -2.55. The molecule has 7 heteroatoms. The number of benzene rings is 1. The number of carbonyl (C=O) groups excluding carboxylic acids is 1. The van der Waals surface area contributed by atoms with Crippen molar-refractivity contribution in [3.8, 4) is 0 Å². The van der Waals surface area contributed by atoms with Gasteiger partial charge in [0.15, 0.2) is 0 Å². The van der Waals surface area contributed by atoms with Gasteiger partial charge in [-0.25, -0.2) is 0 Å². The molecule has 2 N–H and O–H groups in total. The Morgan fingerprint density at radius 1 is 1.25 bits per heavy atom. The van der Waals surface area contributed by atoms with E-state index in [0.29, 0.717) is 21.5 Å². The molecule has 2 aliphatic rings. The summed E-state index contributed by atoms with van der Waals surface area (Å²) in [4.78, 5) is 25.4. The van der Waals surface area contributed by atoms with Gasteiger partial charge in [0.25, 0.3) is 5.91 Å². The van der Waals surface area contributed by atoms with Crippen LogP contribution in [0.25, 0.3) is 0 Å². The molecular formula is C17H20Cl2N2O3. The minimum atomic E-state index is -0.797. The zero-order chi connectivity index (χ0) is 17.3. The van der Waals surface area contributed by atoms with Gasteiger partial charge in [-0.05, 0) is 49.8 Å². The van der Waals surface area contributed by atoms with Gasteiger partial charge in [0, 0.05) is 23.7 Å². The van der Waals surface area contributed by atoms with E-state index in [1.807, 2.05) is 4.90 Å². The topological polar surface area (TPSA) is 69.6 Å². The van der Waals surface area contributed by atoms with Gasteiger partial charge in [0.2, 0.25) is 0 Å². The molecule has 0 aromatic heterocycles. The van der Waals surface area contributed by atoms with Crippen molar-refractivity contribution < 1.29 is 14.7 Å². The lowest BCUT2D eigenvalue weighted by atomic mass is 9.85. The molecule has 0 radical (unpaired) electrons. The normalized spacial score (nSPS) is 23.0. The van der Waals surface area contributed by atoms with E-state index >= 15 is 0 Å². The summed E-state index contributed by atoms with van der Waals surface area (Å²) >= 11 is 12.0. The van der Waals surface area contributed by atoms with Crippen LogP contribution in [-0.2, 0) is 4.79 Å². The minimum Gasteiger partial charge on any atom is -0.480 e. The lowest BCUT2D eigenvalue weighted by molar-refractivity contribution is -0.139. The molecule has 1 amide bonds. The first-order valence-corrected chi connectivity index (χ1v) is 8.89. The highest BCUT2D eigenvalue weighted by atomic mass is 35.5. The number of amides is 1. The fourth-order valence-electron chi connectivity index (χ4n) is 3.09. The number of carbonyl (C=O) groups is 2. The van der Waals surface area contributed by atoms with Crippen molar-refractivity contribution in [1.82, 2.24) is 10.2 Å². The zero-order valence-corrected chi connectivity index (χ0v) is 14.7. The molecule has 2 fully saturated rings. The molecule has 1 aromatic carbocycles. The maximum absolute atomic E-state index is 12.3. The first-order chi connectivity index (χ1) is 11.4. The maximum atomic E-state index is 12.3. The molecule has 0 saturated heterocycles. The summed E-state index contributed by atoms with van der Waals surface area (Å²) in [7, 11) is 0. The summed E-state index contributed by atoms with van der Waals surface area (Å²) in [5, 5.41) is 12.9. The van der Waals surface area contributed by atoms with E-state index in [-0.39, 0.29) is 24.5 Å². The summed E-state index contributed by atoms with van der Waals surface area (Å²) in [6, 6.07) is 5.07. The van der Waals surface area contributed by atoms with Crippen molar-refractivity contribution in [2.24, 2.45) is 5.92 Å². The second kappa shape index (κ2) is 7.30. The van der Waals surface area contributed by atoms with Crippen LogP contribution in [0.15, 0.2) is 18.2 Å². The Morgan fingerprint density at radius 3 is 2.58 bits per heavy atom. The van der Waals surface area contributed by atoms with Gasteiger partial charge in [0.1, 0.15) is 0 Å². The second-order valence-corrected chi connectivity index (χ2v) is 7.53. The predicted octanol–water partition coefficient (Wildman–Crippen LogP) is 3.05. The third-order valence-electron chi connectivity index (χ3n) is 4.67. The number of nitrogens with one attached hydrogen (secondary N) is 1. The number of rotatable bonds is 7. The molecule has 3 rings (SSSR count). The predicted molar refractivity (Wildman–Crippen MR) is 92.7 cm³/mol. The summed E-state index contributed by atoms with van der Waals surface area (Å²) in [6.07, 6.45) is 3.92. The minimum absolute atomic E-state index is 0.0491. The first-order valence-electron chi connectivity index (χ1n) is 8.14. The van der Waals surface area contributed by atoms with E-state index in [1.165, 1.54) is 12.8 Å². The van der Waals surface area contributed by atoms with Crippen LogP contribution in [0.2, 0.25) is 10.0 Å². The molecular weight excluding hydrogens is 351 g/mol. The fraction of sp³-hybridized carbons (Fsp3) is 0.529. The smallest absolute Gasteiger partial charge is 0.317 e. The van der Waals surface area contributed by atoms with Crippen LogP contribution in [0.3, 0.4) is 0 Å². The van der Waals surface area contributed by atoms with Crippen LogP contribution in [0.1, 0.15) is 36.0 Å². The number of nitrogens with zero attached hydrogens (tertiary/aromatic N) is 1. The van der Waals surface area contributed by atoms with E-state index < -0.39 is 5.97 Å². The molecule has 130 valence electrons. The molecule has 2 saturated carbocycles. The van der Waals surface area contributed by atoms with Crippen LogP contribution in [0.5, 0.6) is 0 Å². The zero-order valence-electron chi connectivity index (χ0n) is 13.2. The van der Waals surface area contributed by atoms with Crippen molar-refractivity contribution in [1.29, 1.82) is 0 Å². The molecule has 2 aliphatic carbocycles.